The smallest absolute Gasteiger partial charge is 0.337 e. The van der Waals surface area contributed by atoms with Crippen LogP contribution in [0, 0.1) is 0 Å². The first-order valence-electron chi connectivity index (χ1n) is 12.4. The lowest BCUT2D eigenvalue weighted by Gasteiger charge is -2.35. The van der Waals surface area contributed by atoms with Gasteiger partial charge in [-0.2, -0.15) is 0 Å². The average Bonchev–Trinajstić information content (AvgIpc) is 2.80. The highest BCUT2D eigenvalue weighted by atomic mass is 16.5. The number of hydrogen-bond acceptors (Lipinski definition) is 6. The molecule has 0 amide bonds. The Morgan fingerprint density at radius 2 is 1.73 bits per heavy atom. The van der Waals surface area contributed by atoms with Gasteiger partial charge < -0.3 is 19.5 Å². The number of carbonyl (C=O) groups is 2. The van der Waals surface area contributed by atoms with E-state index in [0.29, 0.717) is 42.3 Å². The maximum atomic E-state index is 13.5. The van der Waals surface area contributed by atoms with Gasteiger partial charge in [0.05, 0.1) is 18.8 Å². The quantitative estimate of drug-likeness (QED) is 0.563. The van der Waals surface area contributed by atoms with Crippen molar-refractivity contribution in [3.63, 3.8) is 0 Å². The predicted molar refractivity (Wildman–Crippen MR) is 126 cm³/mol. The highest BCUT2D eigenvalue weighted by Gasteiger charge is 2.40. The highest BCUT2D eigenvalue weighted by molar-refractivity contribution is 6.03. The van der Waals surface area contributed by atoms with Crippen LogP contribution in [-0.2, 0) is 14.3 Å². The minimum absolute atomic E-state index is 0.0519. The topological polar surface area (TPSA) is 73.9 Å². The lowest BCUT2D eigenvalue weighted by molar-refractivity contribution is -0.146. The summed E-state index contributed by atoms with van der Waals surface area (Å²) in [5.41, 5.74) is 3.76. The van der Waals surface area contributed by atoms with Gasteiger partial charge in [0.25, 0.3) is 0 Å². The summed E-state index contributed by atoms with van der Waals surface area (Å²) in [5.74, 6) is 0.580. The van der Waals surface area contributed by atoms with Crippen molar-refractivity contribution in [2.24, 2.45) is 0 Å². The number of rotatable bonds is 7. The SMILES string of the molecule is CCOc1ccc([C@@H]2C(C(=O)OC3CCCCC3)=C(C)NC3=C2C(=O)CCC3)cc1OCC. The van der Waals surface area contributed by atoms with E-state index in [9.17, 15) is 9.59 Å². The summed E-state index contributed by atoms with van der Waals surface area (Å²) in [6, 6.07) is 5.73. The highest BCUT2D eigenvalue weighted by Crippen LogP contribution is 2.44. The minimum Gasteiger partial charge on any atom is -0.490 e. The molecule has 0 bridgehead atoms. The summed E-state index contributed by atoms with van der Waals surface area (Å²) < 4.78 is 17.6. The second-order valence-corrected chi connectivity index (χ2v) is 9.00. The van der Waals surface area contributed by atoms with Crippen molar-refractivity contribution in [1.29, 1.82) is 0 Å². The first kappa shape index (κ1) is 23.4. The summed E-state index contributed by atoms with van der Waals surface area (Å²) in [6.45, 7) is 6.78. The third-order valence-electron chi connectivity index (χ3n) is 6.72. The third-order valence-corrected chi connectivity index (χ3v) is 6.72. The van der Waals surface area contributed by atoms with E-state index < -0.39 is 5.92 Å². The molecule has 0 aromatic heterocycles. The van der Waals surface area contributed by atoms with Crippen molar-refractivity contribution in [2.45, 2.75) is 84.2 Å². The molecule has 1 aliphatic heterocycles. The maximum Gasteiger partial charge on any atom is 0.337 e. The standard InChI is InChI=1S/C27H35NO5/c1-4-31-22-15-14-18(16-23(22)32-5-2)25-24(27(30)33-19-10-7-6-8-11-19)17(3)28-20-12-9-13-21(29)26(20)25/h14-16,19,25,28H,4-13H2,1-3H3/t25-/m1/s1. The molecule has 0 unspecified atom stereocenters. The Hall–Kier alpha value is -2.76. The van der Waals surface area contributed by atoms with E-state index in [1.165, 1.54) is 6.42 Å². The molecule has 1 aromatic carbocycles. The number of nitrogens with one attached hydrogen (secondary N) is 1. The van der Waals surface area contributed by atoms with Crippen LogP contribution in [0.5, 0.6) is 11.5 Å². The summed E-state index contributed by atoms with van der Waals surface area (Å²) >= 11 is 0. The zero-order chi connectivity index (χ0) is 23.4. The summed E-state index contributed by atoms with van der Waals surface area (Å²) in [6.07, 6.45) is 7.23. The number of Topliss-reactive ketones (excluding diaryl/α,β-unsaturated/α-hetero) is 1. The Bertz CT molecular complexity index is 971. The molecule has 1 heterocycles. The summed E-state index contributed by atoms with van der Waals surface area (Å²) in [4.78, 5) is 26.6. The largest absolute Gasteiger partial charge is 0.490 e. The van der Waals surface area contributed by atoms with Crippen LogP contribution in [-0.4, -0.2) is 31.1 Å². The van der Waals surface area contributed by atoms with E-state index >= 15 is 0 Å². The van der Waals surface area contributed by atoms with Crippen LogP contribution in [0.15, 0.2) is 40.7 Å². The molecular weight excluding hydrogens is 418 g/mol. The van der Waals surface area contributed by atoms with Gasteiger partial charge in [-0.05, 0) is 77.0 Å². The molecule has 1 N–H and O–H groups in total. The predicted octanol–water partition coefficient (Wildman–Crippen LogP) is 5.33. The molecular formula is C27H35NO5. The molecule has 1 aromatic rings. The lowest BCUT2D eigenvalue weighted by Crippen LogP contribution is -2.35. The molecule has 1 fully saturated rings. The fourth-order valence-electron chi connectivity index (χ4n) is 5.23. The van der Waals surface area contributed by atoms with Crippen LogP contribution in [0.4, 0.5) is 0 Å². The monoisotopic (exact) mass is 453 g/mol. The van der Waals surface area contributed by atoms with E-state index in [0.717, 1.165) is 55.5 Å². The average molecular weight is 454 g/mol. The molecule has 4 rings (SSSR count). The number of carbonyl (C=O) groups excluding carboxylic acids is 2. The zero-order valence-corrected chi connectivity index (χ0v) is 20.0. The van der Waals surface area contributed by atoms with Gasteiger partial charge in [0.1, 0.15) is 6.10 Å². The number of dihydropyridines is 1. The van der Waals surface area contributed by atoms with Crippen molar-refractivity contribution >= 4 is 11.8 Å². The van der Waals surface area contributed by atoms with Crippen LogP contribution < -0.4 is 14.8 Å². The summed E-state index contributed by atoms with van der Waals surface area (Å²) in [5, 5.41) is 3.37. The third kappa shape index (κ3) is 4.94. The van der Waals surface area contributed by atoms with Gasteiger partial charge in [0, 0.05) is 29.3 Å². The van der Waals surface area contributed by atoms with E-state index in [1.807, 2.05) is 39.0 Å². The summed E-state index contributed by atoms with van der Waals surface area (Å²) in [7, 11) is 0. The first-order valence-corrected chi connectivity index (χ1v) is 12.4. The number of ketones is 1. The van der Waals surface area contributed by atoms with Crippen LogP contribution in [0.2, 0.25) is 0 Å². The van der Waals surface area contributed by atoms with Gasteiger partial charge in [-0.15, -0.1) is 0 Å². The van der Waals surface area contributed by atoms with Gasteiger partial charge >= 0.3 is 5.97 Å². The molecule has 33 heavy (non-hydrogen) atoms. The molecule has 6 nitrogen and oxygen atoms in total. The number of ether oxygens (including phenoxy) is 3. The number of hydrogen-bond donors (Lipinski definition) is 1. The Balaban J connectivity index is 1.76. The fraction of sp³-hybridized carbons (Fsp3) is 0.556. The molecule has 1 saturated carbocycles. The van der Waals surface area contributed by atoms with Crippen molar-refractivity contribution in [3.8, 4) is 11.5 Å². The van der Waals surface area contributed by atoms with Crippen LogP contribution in [0.1, 0.15) is 83.6 Å². The van der Waals surface area contributed by atoms with E-state index in [4.69, 9.17) is 14.2 Å². The molecule has 2 aliphatic carbocycles. The second-order valence-electron chi connectivity index (χ2n) is 9.00. The van der Waals surface area contributed by atoms with Crippen LogP contribution >= 0.6 is 0 Å². The maximum absolute atomic E-state index is 13.5. The van der Waals surface area contributed by atoms with Gasteiger partial charge in [0.2, 0.25) is 0 Å². The van der Waals surface area contributed by atoms with Crippen molar-refractivity contribution < 1.29 is 23.8 Å². The number of benzene rings is 1. The van der Waals surface area contributed by atoms with Crippen molar-refractivity contribution in [3.05, 3.63) is 46.3 Å². The van der Waals surface area contributed by atoms with Crippen LogP contribution in [0.25, 0.3) is 0 Å². The van der Waals surface area contributed by atoms with Crippen molar-refractivity contribution in [1.82, 2.24) is 5.32 Å². The fourth-order valence-corrected chi connectivity index (χ4v) is 5.23. The van der Waals surface area contributed by atoms with E-state index in [2.05, 4.69) is 5.32 Å². The number of esters is 1. The van der Waals surface area contributed by atoms with Crippen LogP contribution in [0.3, 0.4) is 0 Å². The van der Waals surface area contributed by atoms with Crippen molar-refractivity contribution in [2.75, 3.05) is 13.2 Å². The zero-order valence-electron chi connectivity index (χ0n) is 20.0. The Morgan fingerprint density at radius 3 is 2.45 bits per heavy atom. The van der Waals surface area contributed by atoms with E-state index in [-0.39, 0.29) is 17.9 Å². The molecule has 3 aliphatic rings. The molecule has 0 saturated heterocycles. The first-order chi connectivity index (χ1) is 16.0. The van der Waals surface area contributed by atoms with Gasteiger partial charge in [-0.25, -0.2) is 4.79 Å². The Morgan fingerprint density at radius 1 is 1.00 bits per heavy atom. The second kappa shape index (κ2) is 10.4. The van der Waals surface area contributed by atoms with Gasteiger partial charge in [-0.1, -0.05) is 12.5 Å². The molecule has 0 radical (unpaired) electrons. The normalized spacial score (nSPS) is 21.4. The van der Waals surface area contributed by atoms with Gasteiger partial charge in [0.15, 0.2) is 17.3 Å². The molecule has 6 heteroatoms. The Kier molecular flexibility index (Phi) is 7.41. The number of allylic oxidation sites excluding steroid dienone is 3. The lowest BCUT2D eigenvalue weighted by atomic mass is 9.75. The van der Waals surface area contributed by atoms with E-state index in [1.54, 1.807) is 0 Å². The molecule has 178 valence electrons. The minimum atomic E-state index is -0.472. The molecule has 1 atom stereocenters. The molecule has 0 spiro atoms. The van der Waals surface area contributed by atoms with Gasteiger partial charge in [-0.3, -0.25) is 4.79 Å². The Labute approximate surface area is 196 Å².